The Kier molecular flexibility index (Phi) is 7.78. The van der Waals surface area contributed by atoms with Crippen molar-refractivity contribution in [2.24, 2.45) is 58.2 Å². The Labute approximate surface area is 204 Å². The van der Waals surface area contributed by atoms with E-state index in [1.54, 1.807) is 5.54 Å². The van der Waals surface area contributed by atoms with Gasteiger partial charge >= 0.3 is 0 Å². The maximum Gasteiger partial charge on any atom is 0.0574 e. The van der Waals surface area contributed by atoms with Gasteiger partial charge < -0.3 is 5.11 Å². The summed E-state index contributed by atoms with van der Waals surface area (Å²) < 4.78 is 0. The van der Waals surface area contributed by atoms with Crippen LogP contribution in [0.25, 0.3) is 0 Å². The molecule has 1 nitrogen and oxygen atoms in total. The zero-order chi connectivity index (χ0) is 23.1. The Balaban J connectivity index is 1.48. The molecule has 0 spiro atoms. The fourth-order valence-corrected chi connectivity index (χ4v) is 10.2. The van der Waals surface area contributed by atoms with Gasteiger partial charge in [-0.25, -0.2) is 0 Å². The fraction of sp³-hybridized carbons (Fsp3) is 0.933. The smallest absolute Gasteiger partial charge is 0.0574 e. The molecule has 0 amide bonds. The van der Waals surface area contributed by atoms with E-state index >= 15 is 0 Å². The first-order valence-corrected chi connectivity index (χ1v) is 14.6. The Hall–Kier alpha value is -0.0100. The van der Waals surface area contributed by atoms with Crippen molar-refractivity contribution in [2.45, 2.75) is 118 Å². The van der Waals surface area contributed by atoms with Gasteiger partial charge in [-0.2, -0.15) is 0 Å². The molecule has 0 unspecified atom stereocenters. The van der Waals surface area contributed by atoms with Gasteiger partial charge in [0.15, 0.2) is 0 Å². The maximum atomic E-state index is 10.9. The Morgan fingerprint density at radius 2 is 1.56 bits per heavy atom. The van der Waals surface area contributed by atoms with Crippen LogP contribution < -0.4 is 0 Å². The van der Waals surface area contributed by atoms with Crippen molar-refractivity contribution in [2.75, 3.05) is 0 Å². The molecular weight excluding hydrogens is 412 g/mol. The van der Waals surface area contributed by atoms with Crippen LogP contribution >= 0.6 is 11.6 Å². The van der Waals surface area contributed by atoms with Gasteiger partial charge in [0, 0.05) is 5.54 Å². The van der Waals surface area contributed by atoms with Crippen molar-refractivity contribution < 1.29 is 5.11 Å². The molecular formula is C30H51ClO. The van der Waals surface area contributed by atoms with E-state index in [-0.39, 0.29) is 6.10 Å². The summed E-state index contributed by atoms with van der Waals surface area (Å²) >= 11 is 5.89. The average Bonchev–Trinajstić information content (AvgIpc) is 3.10. The second kappa shape index (κ2) is 9.93. The second-order valence-electron chi connectivity index (χ2n) is 13.5. The first-order valence-electron chi connectivity index (χ1n) is 14.2. The Bertz CT molecular complexity index is 657. The monoisotopic (exact) mass is 462 g/mol. The topological polar surface area (TPSA) is 20.2 Å². The van der Waals surface area contributed by atoms with Gasteiger partial charge in [0.05, 0.1) is 6.10 Å². The van der Waals surface area contributed by atoms with E-state index in [0.717, 1.165) is 48.3 Å². The minimum atomic E-state index is -0.131. The van der Waals surface area contributed by atoms with Gasteiger partial charge in [-0.15, -0.1) is 0 Å². The summed E-state index contributed by atoms with van der Waals surface area (Å²) in [6.07, 6.45) is 18.0. The quantitative estimate of drug-likeness (QED) is 0.400. The van der Waals surface area contributed by atoms with Gasteiger partial charge in [-0.3, -0.25) is 0 Å². The van der Waals surface area contributed by atoms with Crippen molar-refractivity contribution in [1.29, 1.82) is 0 Å². The molecule has 10 atom stereocenters. The molecule has 0 saturated heterocycles. The van der Waals surface area contributed by atoms with E-state index in [0.29, 0.717) is 22.7 Å². The van der Waals surface area contributed by atoms with Crippen LogP contribution in [0, 0.1) is 58.2 Å². The molecule has 4 aliphatic rings. The van der Waals surface area contributed by atoms with Crippen LogP contribution in [0.2, 0.25) is 0 Å². The summed E-state index contributed by atoms with van der Waals surface area (Å²) in [7, 11) is 0. The number of fused-ring (bicyclic) bond motifs is 5. The van der Waals surface area contributed by atoms with Crippen molar-refractivity contribution in [3.63, 3.8) is 0 Å². The van der Waals surface area contributed by atoms with Gasteiger partial charge in [-0.1, -0.05) is 71.6 Å². The SMILES string of the molecule is CC(C)CCC[C@@H](C)[C@H]1CC[C@H]2[C@@H]3CC[C@H]4[C@H](C/C=C\Cl)[C@H](O)CC[C@]4(C)[C@H]3CC[C@]12C. The highest BCUT2D eigenvalue weighted by molar-refractivity contribution is 6.25. The number of allylic oxidation sites excluding steroid dienone is 1. The molecule has 0 aromatic heterocycles. The molecule has 4 fully saturated rings. The third-order valence-electron chi connectivity index (χ3n) is 11.6. The lowest BCUT2D eigenvalue weighted by atomic mass is 9.43. The van der Waals surface area contributed by atoms with Crippen LogP contribution in [0.3, 0.4) is 0 Å². The van der Waals surface area contributed by atoms with E-state index in [2.05, 4.69) is 40.7 Å². The molecule has 0 heterocycles. The molecule has 4 aliphatic carbocycles. The van der Waals surface area contributed by atoms with Crippen LogP contribution in [-0.2, 0) is 0 Å². The average molecular weight is 463 g/mol. The lowest BCUT2D eigenvalue weighted by Gasteiger charge is -2.62. The third kappa shape index (κ3) is 4.36. The van der Waals surface area contributed by atoms with E-state index < -0.39 is 0 Å². The van der Waals surface area contributed by atoms with Crippen molar-refractivity contribution in [1.82, 2.24) is 0 Å². The number of hydrogen-bond acceptors (Lipinski definition) is 1. The normalized spacial score (nSPS) is 47.3. The van der Waals surface area contributed by atoms with Crippen LogP contribution in [0.15, 0.2) is 11.6 Å². The summed E-state index contributed by atoms with van der Waals surface area (Å²) in [5, 5.41) is 10.9. The van der Waals surface area contributed by atoms with E-state index in [9.17, 15) is 5.11 Å². The van der Waals surface area contributed by atoms with Crippen molar-refractivity contribution in [3.8, 4) is 0 Å². The Morgan fingerprint density at radius 3 is 2.28 bits per heavy atom. The largest absolute Gasteiger partial charge is 0.393 e. The second-order valence-corrected chi connectivity index (χ2v) is 13.7. The first kappa shape index (κ1) is 25.1. The molecule has 0 bridgehead atoms. The van der Waals surface area contributed by atoms with Crippen molar-refractivity contribution >= 4 is 11.6 Å². The fourth-order valence-electron chi connectivity index (χ4n) is 10.1. The highest BCUT2D eigenvalue weighted by Gasteiger charge is 2.61. The lowest BCUT2D eigenvalue weighted by Crippen LogP contribution is -2.56. The van der Waals surface area contributed by atoms with Crippen LogP contribution in [-0.4, -0.2) is 11.2 Å². The maximum absolute atomic E-state index is 10.9. The molecule has 0 aromatic rings. The minimum Gasteiger partial charge on any atom is -0.393 e. The van der Waals surface area contributed by atoms with Crippen LogP contribution in [0.1, 0.15) is 112 Å². The molecule has 4 saturated carbocycles. The number of halogens is 1. The number of rotatable bonds is 7. The molecule has 0 aromatic carbocycles. The number of aliphatic hydroxyl groups excluding tert-OH is 1. The minimum absolute atomic E-state index is 0.131. The van der Waals surface area contributed by atoms with Gasteiger partial charge in [-0.05, 0) is 116 Å². The summed E-state index contributed by atoms with van der Waals surface area (Å²) in [6.45, 7) is 12.7. The first-order chi connectivity index (χ1) is 15.2. The number of aliphatic hydroxyl groups is 1. The van der Waals surface area contributed by atoms with Gasteiger partial charge in [0.25, 0.3) is 0 Å². The Morgan fingerprint density at radius 1 is 0.875 bits per heavy atom. The van der Waals surface area contributed by atoms with E-state index in [4.69, 9.17) is 11.6 Å². The van der Waals surface area contributed by atoms with E-state index in [1.165, 1.54) is 64.2 Å². The molecule has 2 heteroatoms. The summed E-state index contributed by atoms with van der Waals surface area (Å²) in [4.78, 5) is 0. The zero-order valence-corrected chi connectivity index (χ0v) is 22.4. The van der Waals surface area contributed by atoms with Crippen LogP contribution in [0.4, 0.5) is 0 Å². The van der Waals surface area contributed by atoms with Crippen molar-refractivity contribution in [3.05, 3.63) is 11.6 Å². The third-order valence-corrected chi connectivity index (χ3v) is 11.8. The molecule has 4 rings (SSSR count). The summed E-state index contributed by atoms with van der Waals surface area (Å²) in [5.41, 5.74) is 2.67. The molecule has 1 N–H and O–H groups in total. The highest BCUT2D eigenvalue weighted by atomic mass is 35.5. The predicted molar refractivity (Wildman–Crippen MR) is 138 cm³/mol. The molecule has 32 heavy (non-hydrogen) atoms. The highest BCUT2D eigenvalue weighted by Crippen LogP contribution is 2.69. The lowest BCUT2D eigenvalue weighted by molar-refractivity contribution is -0.152. The standard InChI is InChI=1S/C30H51ClO/c1-20(2)8-6-9-21(3)24-13-14-25-22-11-12-26-23(10-7-19-31)28(32)16-18-30(26,5)27(22)15-17-29(24,25)4/h7,19-28,32H,6,8-18H2,1-5H3/b19-7-/t21-,22+,23+,24-,25+,26+,27+,28-,29-,30+/m1/s1. The predicted octanol–water partition coefficient (Wildman–Crippen LogP) is 8.84. The summed E-state index contributed by atoms with van der Waals surface area (Å²) in [5.74, 6) is 6.53. The van der Waals surface area contributed by atoms with E-state index in [1.807, 2.05) is 0 Å². The zero-order valence-electron chi connectivity index (χ0n) is 21.7. The molecule has 0 aliphatic heterocycles. The van der Waals surface area contributed by atoms with Crippen LogP contribution in [0.5, 0.6) is 0 Å². The van der Waals surface area contributed by atoms with Gasteiger partial charge in [0.2, 0.25) is 0 Å². The molecule has 184 valence electrons. The summed E-state index contributed by atoms with van der Waals surface area (Å²) in [6, 6.07) is 0. The van der Waals surface area contributed by atoms with Gasteiger partial charge in [0.1, 0.15) is 0 Å². The molecule has 0 radical (unpaired) electrons. The number of hydrogen-bond donors (Lipinski definition) is 1.